The predicted octanol–water partition coefficient (Wildman–Crippen LogP) is 2.26. The van der Waals surface area contributed by atoms with Gasteiger partial charge in [0.1, 0.15) is 5.75 Å². The smallest absolute Gasteiger partial charge is 0.344 e. The van der Waals surface area contributed by atoms with E-state index in [0.29, 0.717) is 5.75 Å². The molecule has 0 aliphatic carbocycles. The first-order chi connectivity index (χ1) is 6.63. The van der Waals surface area contributed by atoms with Crippen LogP contribution in [0.1, 0.15) is 6.92 Å². The van der Waals surface area contributed by atoms with Crippen LogP contribution in [0.4, 0.5) is 0 Å². The van der Waals surface area contributed by atoms with Crippen molar-refractivity contribution in [2.24, 2.45) is 0 Å². The maximum Gasteiger partial charge on any atom is 0.344 e. The van der Waals surface area contributed by atoms with Crippen LogP contribution in [-0.4, -0.2) is 23.4 Å². The van der Waals surface area contributed by atoms with Crippen LogP contribution in [0.25, 0.3) is 0 Å². The Bertz CT molecular complexity index is 325. The number of benzene rings is 1. The van der Waals surface area contributed by atoms with Gasteiger partial charge in [0, 0.05) is 4.90 Å². The molecule has 0 aromatic heterocycles. The highest BCUT2D eigenvalue weighted by Gasteiger charge is 2.11. The van der Waals surface area contributed by atoms with Crippen molar-refractivity contribution in [3.63, 3.8) is 0 Å². The van der Waals surface area contributed by atoms with E-state index in [4.69, 9.17) is 9.84 Å². The van der Waals surface area contributed by atoms with Crippen LogP contribution in [0.2, 0.25) is 0 Å². The van der Waals surface area contributed by atoms with E-state index in [0.717, 1.165) is 4.90 Å². The summed E-state index contributed by atoms with van der Waals surface area (Å²) in [7, 11) is 0. The molecule has 1 unspecified atom stereocenters. The van der Waals surface area contributed by atoms with E-state index in [1.807, 2.05) is 24.5 Å². The van der Waals surface area contributed by atoms with Crippen LogP contribution in [0.3, 0.4) is 0 Å². The summed E-state index contributed by atoms with van der Waals surface area (Å²) in [6, 6.07) is 7.36. The van der Waals surface area contributed by atoms with Gasteiger partial charge in [0.05, 0.1) is 0 Å². The molecular weight excluding hydrogens is 200 g/mol. The van der Waals surface area contributed by atoms with Crippen LogP contribution >= 0.6 is 11.8 Å². The maximum atomic E-state index is 10.5. The summed E-state index contributed by atoms with van der Waals surface area (Å²) >= 11 is 1.59. The molecular formula is C10H12O3S. The second-order valence-electron chi connectivity index (χ2n) is 2.78. The van der Waals surface area contributed by atoms with Gasteiger partial charge in [-0.25, -0.2) is 4.79 Å². The first kappa shape index (κ1) is 10.9. The lowest BCUT2D eigenvalue weighted by Crippen LogP contribution is -2.22. The minimum Gasteiger partial charge on any atom is -0.479 e. The standard InChI is InChI=1S/C10H12O3S/c1-7(10(11)12)13-8-4-3-5-9(6-8)14-2/h3-7H,1-2H3,(H,11,12). The summed E-state index contributed by atoms with van der Waals surface area (Å²) in [5.74, 6) is -0.369. The highest BCUT2D eigenvalue weighted by molar-refractivity contribution is 7.98. The van der Waals surface area contributed by atoms with Gasteiger partial charge in [-0.1, -0.05) is 6.07 Å². The molecule has 0 fully saturated rings. The van der Waals surface area contributed by atoms with Gasteiger partial charge in [0.25, 0.3) is 0 Å². The molecule has 0 radical (unpaired) electrons. The molecule has 1 aromatic carbocycles. The number of aliphatic carboxylic acids is 1. The summed E-state index contributed by atoms with van der Waals surface area (Å²) in [6.07, 6.45) is 1.15. The summed E-state index contributed by atoms with van der Waals surface area (Å²) in [4.78, 5) is 11.6. The first-order valence-corrected chi connectivity index (χ1v) is 5.39. The lowest BCUT2D eigenvalue weighted by molar-refractivity contribution is -0.144. The van der Waals surface area contributed by atoms with Crippen molar-refractivity contribution in [3.8, 4) is 5.75 Å². The Morgan fingerprint density at radius 2 is 2.29 bits per heavy atom. The number of ether oxygens (including phenoxy) is 1. The largest absolute Gasteiger partial charge is 0.479 e. The molecule has 14 heavy (non-hydrogen) atoms. The molecule has 0 spiro atoms. The number of carboxylic acid groups (broad SMARTS) is 1. The lowest BCUT2D eigenvalue weighted by Gasteiger charge is -2.10. The molecule has 0 bridgehead atoms. The minimum atomic E-state index is -0.959. The zero-order valence-electron chi connectivity index (χ0n) is 8.06. The van der Waals surface area contributed by atoms with Crippen molar-refractivity contribution in [3.05, 3.63) is 24.3 Å². The summed E-state index contributed by atoms with van der Waals surface area (Å²) in [5, 5.41) is 8.64. The van der Waals surface area contributed by atoms with Crippen molar-refractivity contribution in [1.29, 1.82) is 0 Å². The Kier molecular flexibility index (Phi) is 3.83. The average molecular weight is 212 g/mol. The Morgan fingerprint density at radius 1 is 1.57 bits per heavy atom. The first-order valence-electron chi connectivity index (χ1n) is 4.17. The molecule has 1 rings (SSSR count). The Balaban J connectivity index is 2.71. The molecule has 1 aromatic rings. The fraction of sp³-hybridized carbons (Fsp3) is 0.300. The van der Waals surface area contributed by atoms with Gasteiger partial charge in [-0.15, -0.1) is 11.8 Å². The van der Waals surface area contributed by atoms with E-state index in [9.17, 15) is 4.79 Å². The van der Waals surface area contributed by atoms with Gasteiger partial charge in [0.15, 0.2) is 6.10 Å². The zero-order chi connectivity index (χ0) is 10.6. The molecule has 0 saturated heterocycles. The number of hydrogen-bond donors (Lipinski definition) is 1. The van der Waals surface area contributed by atoms with E-state index >= 15 is 0 Å². The highest BCUT2D eigenvalue weighted by atomic mass is 32.2. The van der Waals surface area contributed by atoms with E-state index in [2.05, 4.69) is 0 Å². The number of carbonyl (C=O) groups is 1. The number of rotatable bonds is 4. The molecule has 0 aliphatic heterocycles. The molecule has 0 aliphatic rings. The average Bonchev–Trinajstić information content (AvgIpc) is 2.18. The summed E-state index contributed by atoms with van der Waals surface area (Å²) in [6.45, 7) is 1.51. The maximum absolute atomic E-state index is 10.5. The predicted molar refractivity (Wildman–Crippen MR) is 55.9 cm³/mol. The van der Waals surface area contributed by atoms with Crippen LogP contribution in [0.5, 0.6) is 5.75 Å². The van der Waals surface area contributed by atoms with E-state index in [1.54, 1.807) is 17.8 Å². The molecule has 1 N–H and O–H groups in total. The second kappa shape index (κ2) is 4.91. The van der Waals surface area contributed by atoms with Gasteiger partial charge in [-0.05, 0) is 31.4 Å². The number of carboxylic acids is 1. The fourth-order valence-corrected chi connectivity index (χ4v) is 1.38. The molecule has 3 nitrogen and oxygen atoms in total. The molecule has 4 heteroatoms. The lowest BCUT2D eigenvalue weighted by atomic mass is 10.3. The molecule has 1 atom stereocenters. The van der Waals surface area contributed by atoms with E-state index in [1.165, 1.54) is 6.92 Å². The van der Waals surface area contributed by atoms with Crippen LogP contribution in [0.15, 0.2) is 29.2 Å². The van der Waals surface area contributed by atoms with Gasteiger partial charge < -0.3 is 9.84 Å². The second-order valence-corrected chi connectivity index (χ2v) is 3.66. The molecule has 0 amide bonds. The Hall–Kier alpha value is -1.16. The molecule has 0 heterocycles. The van der Waals surface area contributed by atoms with Gasteiger partial charge >= 0.3 is 5.97 Å². The SMILES string of the molecule is CSc1cccc(OC(C)C(=O)O)c1. The van der Waals surface area contributed by atoms with Crippen molar-refractivity contribution in [2.45, 2.75) is 17.9 Å². The van der Waals surface area contributed by atoms with Gasteiger partial charge in [0.2, 0.25) is 0 Å². The van der Waals surface area contributed by atoms with Gasteiger partial charge in [-0.2, -0.15) is 0 Å². The van der Waals surface area contributed by atoms with Crippen molar-refractivity contribution < 1.29 is 14.6 Å². The third-order valence-corrected chi connectivity index (χ3v) is 2.43. The monoisotopic (exact) mass is 212 g/mol. The highest BCUT2D eigenvalue weighted by Crippen LogP contribution is 2.21. The molecule has 0 saturated carbocycles. The fourth-order valence-electron chi connectivity index (χ4n) is 0.929. The topological polar surface area (TPSA) is 46.5 Å². The van der Waals surface area contributed by atoms with Gasteiger partial charge in [-0.3, -0.25) is 0 Å². The quantitative estimate of drug-likeness (QED) is 0.778. The molecule has 76 valence electrons. The number of hydrogen-bond acceptors (Lipinski definition) is 3. The zero-order valence-corrected chi connectivity index (χ0v) is 8.88. The van der Waals surface area contributed by atoms with Crippen molar-refractivity contribution >= 4 is 17.7 Å². The third kappa shape index (κ3) is 2.96. The van der Waals surface area contributed by atoms with E-state index < -0.39 is 12.1 Å². The Labute approximate surface area is 87.1 Å². The van der Waals surface area contributed by atoms with Crippen molar-refractivity contribution in [1.82, 2.24) is 0 Å². The van der Waals surface area contributed by atoms with Crippen molar-refractivity contribution in [2.75, 3.05) is 6.26 Å². The number of thioether (sulfide) groups is 1. The van der Waals surface area contributed by atoms with E-state index in [-0.39, 0.29) is 0 Å². The minimum absolute atomic E-state index is 0.590. The normalized spacial score (nSPS) is 12.1. The van der Waals surface area contributed by atoms with Crippen LogP contribution in [0, 0.1) is 0 Å². The van der Waals surface area contributed by atoms with Crippen LogP contribution < -0.4 is 4.74 Å². The third-order valence-electron chi connectivity index (χ3n) is 1.70. The van der Waals surface area contributed by atoms with Crippen LogP contribution in [-0.2, 0) is 4.79 Å². The summed E-state index contributed by atoms with van der Waals surface area (Å²) < 4.78 is 5.21. The Morgan fingerprint density at radius 3 is 2.86 bits per heavy atom. The summed E-state index contributed by atoms with van der Waals surface area (Å²) in [5.41, 5.74) is 0.